The maximum absolute atomic E-state index is 11.6. The Balaban J connectivity index is 1.45. The minimum absolute atomic E-state index is 0.140. The van der Waals surface area contributed by atoms with Crippen molar-refractivity contribution in [2.75, 3.05) is 6.61 Å². The molecule has 4 saturated carbocycles. The third-order valence-electron chi connectivity index (χ3n) is 7.63. The highest BCUT2D eigenvalue weighted by atomic mass is 35.5. The first kappa shape index (κ1) is 20.6. The zero-order valence-electron chi connectivity index (χ0n) is 17.9. The third kappa shape index (κ3) is 3.89. The minimum atomic E-state index is -0.374. The first-order chi connectivity index (χ1) is 15.0. The molecule has 0 atom stereocenters. The van der Waals surface area contributed by atoms with Gasteiger partial charge in [-0.15, -0.1) is 0 Å². The van der Waals surface area contributed by atoms with Gasteiger partial charge in [-0.2, -0.15) is 0 Å². The number of phenolic OH excluding ortho intramolecular Hbond substituents is 1. The lowest BCUT2D eigenvalue weighted by molar-refractivity contribution is -0.137. The van der Waals surface area contributed by atoms with Crippen molar-refractivity contribution >= 4 is 23.6 Å². The summed E-state index contributed by atoms with van der Waals surface area (Å²) in [5, 5.41) is 11.4. The fourth-order valence-electron chi connectivity index (χ4n) is 6.77. The molecule has 2 aromatic carbocycles. The van der Waals surface area contributed by atoms with Crippen molar-refractivity contribution in [2.45, 2.75) is 50.9 Å². The molecule has 3 nitrogen and oxygen atoms in total. The van der Waals surface area contributed by atoms with E-state index in [4.69, 9.17) is 16.3 Å². The van der Waals surface area contributed by atoms with E-state index in [1.165, 1.54) is 44.6 Å². The van der Waals surface area contributed by atoms with Gasteiger partial charge in [0.05, 0.1) is 6.61 Å². The summed E-state index contributed by atoms with van der Waals surface area (Å²) in [4.78, 5) is 11.6. The molecule has 0 spiro atoms. The molecule has 1 N–H and O–H groups in total. The van der Waals surface area contributed by atoms with E-state index in [-0.39, 0.29) is 11.4 Å². The van der Waals surface area contributed by atoms with Gasteiger partial charge in [0.1, 0.15) is 5.75 Å². The summed E-state index contributed by atoms with van der Waals surface area (Å²) in [5.74, 6) is 2.55. The van der Waals surface area contributed by atoms with E-state index in [0.717, 1.165) is 40.0 Å². The van der Waals surface area contributed by atoms with Crippen LogP contribution in [0.15, 0.2) is 42.5 Å². The van der Waals surface area contributed by atoms with Crippen molar-refractivity contribution < 1.29 is 14.6 Å². The van der Waals surface area contributed by atoms with Gasteiger partial charge in [0, 0.05) is 16.7 Å². The molecule has 4 aliphatic rings. The molecule has 0 saturated heterocycles. The second-order valence-electron chi connectivity index (χ2n) is 9.75. The molecular weight excluding hydrogens is 408 g/mol. The normalized spacial score (nSPS) is 28.9. The molecule has 0 heterocycles. The van der Waals surface area contributed by atoms with Crippen LogP contribution in [0.4, 0.5) is 0 Å². The number of halogens is 1. The van der Waals surface area contributed by atoms with Crippen LogP contribution in [0.3, 0.4) is 0 Å². The van der Waals surface area contributed by atoms with Crippen molar-refractivity contribution in [1.29, 1.82) is 0 Å². The first-order valence-electron chi connectivity index (χ1n) is 11.4. The fraction of sp³-hybridized carbons (Fsp3) is 0.444. The summed E-state index contributed by atoms with van der Waals surface area (Å²) in [6, 6.07) is 11.9. The van der Waals surface area contributed by atoms with E-state index in [1.807, 2.05) is 30.3 Å². The molecule has 162 valence electrons. The van der Waals surface area contributed by atoms with Crippen LogP contribution in [-0.4, -0.2) is 17.7 Å². The molecule has 0 amide bonds. The Kier molecular flexibility index (Phi) is 5.34. The Morgan fingerprint density at radius 2 is 1.68 bits per heavy atom. The van der Waals surface area contributed by atoms with E-state index < -0.39 is 0 Å². The number of hydrogen-bond acceptors (Lipinski definition) is 3. The average molecular weight is 437 g/mol. The van der Waals surface area contributed by atoms with E-state index >= 15 is 0 Å². The van der Waals surface area contributed by atoms with Gasteiger partial charge in [0.2, 0.25) is 0 Å². The van der Waals surface area contributed by atoms with Crippen LogP contribution in [0.5, 0.6) is 5.75 Å². The summed E-state index contributed by atoms with van der Waals surface area (Å²) in [7, 11) is 0. The molecule has 4 heteroatoms. The van der Waals surface area contributed by atoms with E-state index in [9.17, 15) is 9.90 Å². The monoisotopic (exact) mass is 436 g/mol. The van der Waals surface area contributed by atoms with Gasteiger partial charge in [0.15, 0.2) is 0 Å². The van der Waals surface area contributed by atoms with Gasteiger partial charge in [-0.1, -0.05) is 29.8 Å². The highest BCUT2D eigenvalue weighted by Gasteiger charge is 2.52. The molecule has 4 fully saturated rings. The Labute approximate surface area is 189 Å². The summed E-state index contributed by atoms with van der Waals surface area (Å²) >= 11 is 6.51. The van der Waals surface area contributed by atoms with E-state index in [1.54, 1.807) is 13.0 Å². The van der Waals surface area contributed by atoms with E-state index in [0.29, 0.717) is 17.4 Å². The molecule has 0 radical (unpaired) electrons. The minimum Gasteiger partial charge on any atom is -0.508 e. The van der Waals surface area contributed by atoms with Crippen LogP contribution in [0.25, 0.3) is 17.2 Å². The van der Waals surface area contributed by atoms with Gasteiger partial charge in [-0.3, -0.25) is 0 Å². The van der Waals surface area contributed by atoms with Gasteiger partial charge in [0.25, 0.3) is 0 Å². The summed E-state index contributed by atoms with van der Waals surface area (Å²) in [6.07, 6.45) is 10.9. The molecule has 0 aliphatic heterocycles. The molecule has 4 bridgehead atoms. The number of esters is 1. The number of phenols is 1. The Morgan fingerprint density at radius 3 is 2.29 bits per heavy atom. The van der Waals surface area contributed by atoms with Crippen molar-refractivity contribution in [1.82, 2.24) is 0 Å². The van der Waals surface area contributed by atoms with Crippen molar-refractivity contribution in [3.05, 3.63) is 58.6 Å². The lowest BCUT2D eigenvalue weighted by Crippen LogP contribution is -2.48. The van der Waals surface area contributed by atoms with Gasteiger partial charge >= 0.3 is 5.97 Å². The molecule has 0 unspecified atom stereocenters. The SMILES string of the molecule is CCOC(=O)/C=C/c1ccc(-c2ccc(O)c(C34CC5CC(CC(C5)C3)C4)c2)cc1Cl. The van der Waals surface area contributed by atoms with Crippen LogP contribution in [0, 0.1) is 17.8 Å². The summed E-state index contributed by atoms with van der Waals surface area (Å²) < 4.78 is 4.93. The number of benzene rings is 2. The molecule has 31 heavy (non-hydrogen) atoms. The Bertz CT molecular complexity index is 1000. The molecule has 2 aromatic rings. The number of carbonyl (C=O) groups excluding carboxylic acids is 1. The maximum atomic E-state index is 11.6. The van der Waals surface area contributed by atoms with Crippen molar-refractivity contribution in [3.8, 4) is 16.9 Å². The topological polar surface area (TPSA) is 46.5 Å². The highest BCUT2D eigenvalue weighted by Crippen LogP contribution is 2.62. The number of carbonyl (C=O) groups is 1. The van der Waals surface area contributed by atoms with E-state index in [2.05, 4.69) is 6.07 Å². The molecular formula is C27H29ClO3. The van der Waals surface area contributed by atoms with Crippen LogP contribution in [0.2, 0.25) is 5.02 Å². The predicted octanol–water partition coefficient (Wildman–Crippen LogP) is 6.76. The molecule has 4 aliphatic carbocycles. The highest BCUT2D eigenvalue weighted by molar-refractivity contribution is 6.32. The molecule has 6 rings (SSSR count). The van der Waals surface area contributed by atoms with Crippen LogP contribution in [0.1, 0.15) is 56.6 Å². The second kappa shape index (κ2) is 8.02. The lowest BCUT2D eigenvalue weighted by atomic mass is 9.48. The summed E-state index contributed by atoms with van der Waals surface area (Å²) in [5.41, 5.74) is 4.14. The molecule has 0 aromatic heterocycles. The Hall–Kier alpha value is -2.26. The maximum Gasteiger partial charge on any atom is 0.330 e. The largest absolute Gasteiger partial charge is 0.508 e. The average Bonchev–Trinajstić information content (AvgIpc) is 2.72. The van der Waals surface area contributed by atoms with Crippen molar-refractivity contribution in [2.24, 2.45) is 17.8 Å². The summed E-state index contributed by atoms with van der Waals surface area (Å²) in [6.45, 7) is 2.13. The smallest absolute Gasteiger partial charge is 0.330 e. The van der Waals surface area contributed by atoms with Gasteiger partial charge in [-0.25, -0.2) is 4.79 Å². The van der Waals surface area contributed by atoms with Crippen molar-refractivity contribution in [3.63, 3.8) is 0 Å². The van der Waals surface area contributed by atoms with Crippen LogP contribution >= 0.6 is 11.6 Å². The third-order valence-corrected chi connectivity index (χ3v) is 7.95. The van der Waals surface area contributed by atoms with Gasteiger partial charge in [-0.05, 0) is 110 Å². The lowest BCUT2D eigenvalue weighted by Gasteiger charge is -2.57. The predicted molar refractivity (Wildman–Crippen MR) is 124 cm³/mol. The second-order valence-corrected chi connectivity index (χ2v) is 10.2. The zero-order valence-corrected chi connectivity index (χ0v) is 18.7. The first-order valence-corrected chi connectivity index (χ1v) is 11.8. The standard InChI is InChI=1S/C27H29ClO3/c1-2-31-26(30)8-6-20-3-4-22(13-24(20)28)21-5-7-25(29)23(12-21)27-14-17-9-18(15-27)11-19(10-17)16-27/h3-8,12-13,17-19,29H,2,9-11,14-16H2,1H3/b8-6+. The number of aromatic hydroxyl groups is 1. The quantitative estimate of drug-likeness (QED) is 0.416. The number of hydrogen-bond donors (Lipinski definition) is 1. The van der Waals surface area contributed by atoms with Crippen LogP contribution in [-0.2, 0) is 14.9 Å². The van der Waals surface area contributed by atoms with Crippen LogP contribution < -0.4 is 0 Å². The Morgan fingerprint density at radius 1 is 1.06 bits per heavy atom. The fourth-order valence-corrected chi connectivity index (χ4v) is 7.01. The zero-order chi connectivity index (χ0) is 21.6. The van der Waals surface area contributed by atoms with Gasteiger partial charge < -0.3 is 9.84 Å². The number of rotatable bonds is 5. The number of ether oxygens (including phenoxy) is 1.